The molecule has 1 aliphatic rings. The van der Waals surface area contributed by atoms with Crippen LogP contribution in [0.5, 0.6) is 0 Å². The van der Waals surface area contributed by atoms with Crippen LogP contribution in [0.3, 0.4) is 0 Å². The molecule has 0 unspecified atom stereocenters. The first-order chi connectivity index (χ1) is 18.1. The smallest absolute Gasteiger partial charge is 0.256 e. The molecule has 1 amide bonds. The molecular weight excluding hydrogens is 503 g/mol. The number of benzene rings is 1. The Morgan fingerprint density at radius 3 is 2.71 bits per heavy atom. The Labute approximate surface area is 229 Å². The molecule has 0 bridgehead atoms. The van der Waals surface area contributed by atoms with Crippen LogP contribution in [0.4, 0.5) is 4.39 Å². The molecule has 1 saturated heterocycles. The van der Waals surface area contributed by atoms with E-state index in [2.05, 4.69) is 23.7 Å². The summed E-state index contributed by atoms with van der Waals surface area (Å²) >= 11 is 6.69. The van der Waals surface area contributed by atoms with E-state index in [1.54, 1.807) is 30.4 Å². The lowest BCUT2D eigenvalue weighted by molar-refractivity contribution is -0.108. The van der Waals surface area contributed by atoms with E-state index in [1.165, 1.54) is 12.1 Å². The highest BCUT2D eigenvalue weighted by Crippen LogP contribution is 2.35. The first-order valence-electron chi connectivity index (χ1n) is 13.5. The van der Waals surface area contributed by atoms with Gasteiger partial charge in [-0.15, -0.1) is 0 Å². The molecule has 0 spiro atoms. The van der Waals surface area contributed by atoms with Crippen molar-refractivity contribution < 1.29 is 14.0 Å². The summed E-state index contributed by atoms with van der Waals surface area (Å²) in [7, 11) is 1.73. The molecule has 6 nitrogen and oxygen atoms in total. The topological polar surface area (TPSA) is 58.4 Å². The van der Waals surface area contributed by atoms with Gasteiger partial charge in [-0.25, -0.2) is 4.39 Å². The lowest BCUT2D eigenvalue weighted by atomic mass is 9.97. The van der Waals surface area contributed by atoms with E-state index in [0.717, 1.165) is 55.1 Å². The Bertz CT molecular complexity index is 1300. The normalized spacial score (nSPS) is 17.0. The molecular formula is C30H38ClFN4O2. The third-order valence-electron chi connectivity index (χ3n) is 7.93. The number of hydrogen-bond acceptors (Lipinski definition) is 4. The molecule has 1 aliphatic heterocycles. The first-order valence-corrected chi connectivity index (χ1v) is 13.9. The second kappa shape index (κ2) is 12.0. The van der Waals surface area contributed by atoms with Crippen LogP contribution in [0.1, 0.15) is 62.9 Å². The summed E-state index contributed by atoms with van der Waals surface area (Å²) < 4.78 is 16.3. The van der Waals surface area contributed by atoms with Crippen molar-refractivity contribution in [3.63, 3.8) is 0 Å². The number of amides is 1. The van der Waals surface area contributed by atoms with Gasteiger partial charge in [0.05, 0.1) is 28.0 Å². The molecule has 3 heterocycles. The Morgan fingerprint density at radius 1 is 1.26 bits per heavy atom. The minimum atomic E-state index is -0.456. The van der Waals surface area contributed by atoms with Crippen LogP contribution in [0, 0.1) is 17.7 Å². The second-order valence-electron chi connectivity index (χ2n) is 11.1. The number of carbonyl (C=O) groups is 2. The molecule has 204 valence electrons. The van der Waals surface area contributed by atoms with Crippen LogP contribution >= 0.6 is 11.6 Å². The molecule has 8 heteroatoms. The lowest BCUT2D eigenvalue weighted by Gasteiger charge is -2.30. The van der Waals surface area contributed by atoms with Crippen LogP contribution in [0.15, 0.2) is 36.8 Å². The SMILES string of the molecule is CC(C)[C@@H](CCC=O)N1CC[C@@H](Cc2cn(-c3ccc(F)cc3C(=O)N(C)C(C)C)c3cncc(Cl)c23)C1. The highest BCUT2D eigenvalue weighted by molar-refractivity contribution is 6.35. The van der Waals surface area contributed by atoms with Gasteiger partial charge in [-0.1, -0.05) is 25.4 Å². The molecule has 38 heavy (non-hydrogen) atoms. The van der Waals surface area contributed by atoms with Crippen molar-refractivity contribution in [2.45, 2.75) is 65.5 Å². The van der Waals surface area contributed by atoms with E-state index in [9.17, 15) is 14.0 Å². The van der Waals surface area contributed by atoms with Crippen LogP contribution in [0.2, 0.25) is 5.02 Å². The molecule has 4 rings (SSSR count). The highest BCUT2D eigenvalue weighted by atomic mass is 35.5. The maximum absolute atomic E-state index is 14.3. The largest absolute Gasteiger partial charge is 0.339 e. The maximum Gasteiger partial charge on any atom is 0.256 e. The van der Waals surface area contributed by atoms with Crippen molar-refractivity contribution in [1.82, 2.24) is 19.4 Å². The quantitative estimate of drug-likeness (QED) is 0.289. The van der Waals surface area contributed by atoms with E-state index in [4.69, 9.17) is 11.6 Å². The number of rotatable bonds is 10. The van der Waals surface area contributed by atoms with Gasteiger partial charge in [-0.3, -0.25) is 14.7 Å². The Hall–Kier alpha value is -2.77. The van der Waals surface area contributed by atoms with E-state index in [1.807, 2.05) is 24.6 Å². The van der Waals surface area contributed by atoms with E-state index in [0.29, 0.717) is 40.6 Å². The molecule has 0 aliphatic carbocycles. The average molecular weight is 541 g/mol. The van der Waals surface area contributed by atoms with E-state index in [-0.39, 0.29) is 11.9 Å². The van der Waals surface area contributed by atoms with Crippen molar-refractivity contribution in [3.8, 4) is 5.69 Å². The summed E-state index contributed by atoms with van der Waals surface area (Å²) in [4.78, 5) is 32.8. The number of fused-ring (bicyclic) bond motifs is 1. The van der Waals surface area contributed by atoms with Crippen LogP contribution in [-0.4, -0.2) is 63.8 Å². The zero-order chi connectivity index (χ0) is 27.6. The molecule has 1 fully saturated rings. The van der Waals surface area contributed by atoms with Gasteiger partial charge in [0.2, 0.25) is 0 Å². The number of halogens is 2. The van der Waals surface area contributed by atoms with Gasteiger partial charge in [0.25, 0.3) is 5.91 Å². The highest BCUT2D eigenvalue weighted by Gasteiger charge is 2.31. The Balaban J connectivity index is 1.70. The van der Waals surface area contributed by atoms with Gasteiger partial charge >= 0.3 is 0 Å². The summed E-state index contributed by atoms with van der Waals surface area (Å²) in [5.74, 6) is 0.225. The van der Waals surface area contributed by atoms with Gasteiger partial charge in [0.1, 0.15) is 12.1 Å². The number of aldehydes is 1. The summed E-state index contributed by atoms with van der Waals surface area (Å²) in [5, 5.41) is 1.48. The van der Waals surface area contributed by atoms with Crippen molar-refractivity contribution in [3.05, 3.63) is 58.8 Å². The Morgan fingerprint density at radius 2 is 2.03 bits per heavy atom. The molecule has 0 N–H and O–H groups in total. The number of aromatic nitrogens is 2. The molecule has 0 radical (unpaired) electrons. The summed E-state index contributed by atoms with van der Waals surface area (Å²) in [6, 6.07) is 4.70. The van der Waals surface area contributed by atoms with E-state index >= 15 is 0 Å². The monoisotopic (exact) mass is 540 g/mol. The number of likely N-dealkylation sites (tertiary alicyclic amines) is 1. The zero-order valence-electron chi connectivity index (χ0n) is 23.0. The maximum atomic E-state index is 14.3. The zero-order valence-corrected chi connectivity index (χ0v) is 23.7. The predicted molar refractivity (Wildman–Crippen MR) is 151 cm³/mol. The predicted octanol–water partition coefficient (Wildman–Crippen LogP) is 6.17. The Kier molecular flexibility index (Phi) is 8.89. The van der Waals surface area contributed by atoms with Gasteiger partial charge in [0, 0.05) is 49.9 Å². The van der Waals surface area contributed by atoms with Gasteiger partial charge in [0.15, 0.2) is 0 Å². The summed E-state index contributed by atoms with van der Waals surface area (Å²) in [6.07, 6.45) is 9.83. The number of pyridine rings is 1. The molecule has 2 atom stereocenters. The lowest BCUT2D eigenvalue weighted by Crippen LogP contribution is -2.37. The summed E-state index contributed by atoms with van der Waals surface area (Å²) in [6.45, 7) is 10.3. The minimum absolute atomic E-state index is 0.0294. The van der Waals surface area contributed by atoms with Crippen LogP contribution in [0.25, 0.3) is 16.6 Å². The van der Waals surface area contributed by atoms with Crippen molar-refractivity contribution >= 4 is 34.7 Å². The number of hydrogen-bond donors (Lipinski definition) is 0. The first kappa shape index (κ1) is 28.2. The fourth-order valence-electron chi connectivity index (χ4n) is 5.70. The second-order valence-corrected chi connectivity index (χ2v) is 11.5. The number of carbonyl (C=O) groups excluding carboxylic acids is 2. The molecule has 0 saturated carbocycles. The third kappa shape index (κ3) is 5.79. The van der Waals surface area contributed by atoms with Gasteiger partial charge in [-0.05, 0) is 75.3 Å². The average Bonchev–Trinajstić information content (AvgIpc) is 3.49. The standard InChI is InChI=1S/C30H38ClFN4O2/c1-19(2)26(7-6-12-37)35-11-10-21(17-35)13-22-18-36(28-16-33-15-25(31)29(22)28)27-9-8-23(32)14-24(27)30(38)34(5)20(3)4/h8-9,12,14-16,18-21,26H,6-7,10-11,13,17H2,1-5H3/t21-,26+/m0/s1. The minimum Gasteiger partial charge on any atom is -0.339 e. The van der Waals surface area contributed by atoms with Crippen molar-refractivity contribution in [2.75, 3.05) is 20.1 Å². The van der Waals surface area contributed by atoms with Crippen LogP contribution in [-0.2, 0) is 11.2 Å². The fourth-order valence-corrected chi connectivity index (χ4v) is 5.98. The van der Waals surface area contributed by atoms with Gasteiger partial charge in [-0.2, -0.15) is 0 Å². The number of nitrogens with zero attached hydrogens (tertiary/aromatic N) is 4. The molecule has 3 aromatic rings. The molecule has 1 aromatic carbocycles. The van der Waals surface area contributed by atoms with Crippen LogP contribution < -0.4 is 0 Å². The molecule has 2 aromatic heterocycles. The van der Waals surface area contributed by atoms with Gasteiger partial charge < -0.3 is 14.3 Å². The van der Waals surface area contributed by atoms with E-state index < -0.39 is 5.82 Å². The van der Waals surface area contributed by atoms with Crippen molar-refractivity contribution in [1.29, 1.82) is 0 Å². The van der Waals surface area contributed by atoms with Crippen molar-refractivity contribution in [2.24, 2.45) is 11.8 Å². The third-order valence-corrected chi connectivity index (χ3v) is 8.22. The summed E-state index contributed by atoms with van der Waals surface area (Å²) in [5.41, 5.74) is 2.78. The fraction of sp³-hybridized carbons (Fsp3) is 0.500.